The number of likely N-dealkylation sites (N-methyl/N-ethyl adjacent to an activating group) is 1. The molecule has 7 heteroatoms. The Morgan fingerprint density at radius 2 is 2.30 bits per heavy atom. The van der Waals surface area contributed by atoms with Gasteiger partial charge in [0.05, 0.1) is 12.7 Å². The van der Waals surface area contributed by atoms with Crippen LogP contribution in [0.5, 0.6) is 5.75 Å². The van der Waals surface area contributed by atoms with Crippen molar-refractivity contribution in [1.82, 2.24) is 10.2 Å². The first-order chi connectivity index (χ1) is 11.0. The number of alkyl halides is 2. The normalized spacial score (nSPS) is 19.2. The van der Waals surface area contributed by atoms with Gasteiger partial charge in [0.1, 0.15) is 5.75 Å². The Morgan fingerprint density at radius 1 is 1.52 bits per heavy atom. The summed E-state index contributed by atoms with van der Waals surface area (Å²) in [6, 6.07) is 6.30. The first-order valence-corrected chi connectivity index (χ1v) is 7.34. The number of nitrogens with zero attached hydrogens (tertiary/aromatic N) is 1. The minimum Gasteiger partial charge on any atom is -0.434 e. The fraction of sp³-hybridized carbons (Fsp3) is 0.438. The van der Waals surface area contributed by atoms with Crippen LogP contribution in [0.4, 0.5) is 8.78 Å². The van der Waals surface area contributed by atoms with Crippen LogP contribution in [0, 0.1) is 0 Å². The van der Waals surface area contributed by atoms with E-state index in [0.29, 0.717) is 18.7 Å². The predicted octanol–water partition coefficient (Wildman–Crippen LogP) is 1.75. The van der Waals surface area contributed by atoms with Gasteiger partial charge in [-0.1, -0.05) is 18.2 Å². The number of halogens is 2. The van der Waals surface area contributed by atoms with Gasteiger partial charge in [0.25, 0.3) is 0 Å². The van der Waals surface area contributed by atoms with Crippen LogP contribution < -0.4 is 10.1 Å². The van der Waals surface area contributed by atoms with Gasteiger partial charge in [0, 0.05) is 31.3 Å². The maximum absolute atomic E-state index is 12.3. The summed E-state index contributed by atoms with van der Waals surface area (Å²) in [7, 11) is 2.00. The van der Waals surface area contributed by atoms with Crippen molar-refractivity contribution in [2.24, 2.45) is 0 Å². The molecule has 0 radical (unpaired) electrons. The third-order valence-electron chi connectivity index (χ3n) is 3.40. The maximum Gasteiger partial charge on any atom is 0.387 e. The lowest BCUT2D eigenvalue weighted by Crippen LogP contribution is -2.45. The van der Waals surface area contributed by atoms with E-state index in [2.05, 4.69) is 15.0 Å². The molecule has 1 heterocycles. The highest BCUT2D eigenvalue weighted by Crippen LogP contribution is 2.21. The third-order valence-corrected chi connectivity index (χ3v) is 3.40. The zero-order valence-corrected chi connectivity index (χ0v) is 12.9. The number of para-hydroxylation sites is 1. The topological polar surface area (TPSA) is 50.8 Å². The van der Waals surface area contributed by atoms with Gasteiger partial charge in [-0.2, -0.15) is 8.78 Å². The van der Waals surface area contributed by atoms with Crippen LogP contribution in [0.1, 0.15) is 5.56 Å². The van der Waals surface area contributed by atoms with Gasteiger partial charge >= 0.3 is 6.61 Å². The minimum absolute atomic E-state index is 0.0313. The van der Waals surface area contributed by atoms with E-state index in [4.69, 9.17) is 4.74 Å². The maximum atomic E-state index is 12.3. The number of nitrogens with one attached hydrogen (secondary N) is 1. The van der Waals surface area contributed by atoms with Crippen molar-refractivity contribution in [3.8, 4) is 5.75 Å². The molecule has 1 N–H and O–H groups in total. The lowest BCUT2D eigenvalue weighted by atomic mass is 10.2. The van der Waals surface area contributed by atoms with Crippen molar-refractivity contribution in [3.63, 3.8) is 0 Å². The van der Waals surface area contributed by atoms with Crippen LogP contribution in [0.2, 0.25) is 0 Å². The number of morpholine rings is 1. The van der Waals surface area contributed by atoms with E-state index in [1.165, 1.54) is 18.2 Å². The molecule has 1 aromatic rings. The number of hydrogen-bond donors (Lipinski definition) is 1. The molecular formula is C16H20F2N2O3. The first-order valence-electron chi connectivity index (χ1n) is 7.34. The highest BCUT2D eigenvalue weighted by molar-refractivity contribution is 5.92. The van der Waals surface area contributed by atoms with Gasteiger partial charge < -0.3 is 19.7 Å². The molecule has 0 aliphatic carbocycles. The van der Waals surface area contributed by atoms with Crippen LogP contribution in [-0.2, 0) is 9.53 Å². The van der Waals surface area contributed by atoms with Gasteiger partial charge in [0.2, 0.25) is 5.91 Å². The van der Waals surface area contributed by atoms with E-state index in [9.17, 15) is 13.6 Å². The van der Waals surface area contributed by atoms with Crippen molar-refractivity contribution < 1.29 is 23.0 Å². The van der Waals surface area contributed by atoms with Crippen LogP contribution >= 0.6 is 0 Å². The average Bonchev–Trinajstić information content (AvgIpc) is 2.51. The average molecular weight is 326 g/mol. The Bertz CT molecular complexity index is 552. The van der Waals surface area contributed by atoms with Crippen LogP contribution in [-0.4, -0.2) is 56.8 Å². The summed E-state index contributed by atoms with van der Waals surface area (Å²) in [5.74, 6) is -0.280. The molecule has 126 valence electrons. The molecule has 1 aliphatic rings. The Morgan fingerprint density at radius 3 is 3.04 bits per heavy atom. The number of amides is 1. The van der Waals surface area contributed by atoms with Crippen LogP contribution in [0.3, 0.4) is 0 Å². The quantitative estimate of drug-likeness (QED) is 0.809. The number of hydrogen-bond acceptors (Lipinski definition) is 4. The molecule has 1 atom stereocenters. The van der Waals surface area contributed by atoms with Crippen molar-refractivity contribution in [2.75, 3.05) is 33.3 Å². The zero-order chi connectivity index (χ0) is 16.7. The summed E-state index contributed by atoms with van der Waals surface area (Å²) in [4.78, 5) is 14.0. The second kappa shape index (κ2) is 8.59. The molecule has 2 rings (SSSR count). The molecule has 0 bridgehead atoms. The summed E-state index contributed by atoms with van der Waals surface area (Å²) >= 11 is 0. The number of ether oxygens (including phenoxy) is 2. The molecule has 1 aromatic carbocycles. The molecule has 1 fully saturated rings. The Kier molecular flexibility index (Phi) is 6.49. The summed E-state index contributed by atoms with van der Waals surface area (Å²) < 4.78 is 34.6. The summed E-state index contributed by atoms with van der Waals surface area (Å²) in [5.41, 5.74) is 0.414. The second-order valence-electron chi connectivity index (χ2n) is 5.25. The standard InChI is InChI=1S/C16H20F2N2O3/c1-20-8-9-22-13(11-20)10-19-15(21)7-6-12-4-2-3-5-14(12)23-16(17)18/h2-7,13,16H,8-11H2,1H3,(H,19,21)/b7-6+/t13-/m1/s1. The minimum atomic E-state index is -2.90. The van der Waals surface area contributed by atoms with Crippen LogP contribution in [0.25, 0.3) is 6.08 Å². The second-order valence-corrected chi connectivity index (χ2v) is 5.25. The van der Waals surface area contributed by atoms with Crippen molar-refractivity contribution in [1.29, 1.82) is 0 Å². The fourth-order valence-electron chi connectivity index (χ4n) is 2.25. The van der Waals surface area contributed by atoms with Gasteiger partial charge in [-0.25, -0.2) is 0 Å². The zero-order valence-electron chi connectivity index (χ0n) is 12.9. The van der Waals surface area contributed by atoms with E-state index in [1.807, 2.05) is 7.05 Å². The smallest absolute Gasteiger partial charge is 0.387 e. The molecule has 0 spiro atoms. The van der Waals surface area contributed by atoms with E-state index >= 15 is 0 Å². The van der Waals surface area contributed by atoms with Gasteiger partial charge in [0.15, 0.2) is 0 Å². The molecular weight excluding hydrogens is 306 g/mol. The molecule has 1 aliphatic heterocycles. The van der Waals surface area contributed by atoms with Crippen molar-refractivity contribution in [2.45, 2.75) is 12.7 Å². The fourth-order valence-corrected chi connectivity index (χ4v) is 2.25. The highest BCUT2D eigenvalue weighted by Gasteiger charge is 2.17. The molecule has 0 unspecified atom stereocenters. The lowest BCUT2D eigenvalue weighted by molar-refractivity contribution is -0.117. The molecule has 0 aromatic heterocycles. The molecule has 5 nitrogen and oxygen atoms in total. The van der Waals surface area contributed by atoms with E-state index in [0.717, 1.165) is 13.1 Å². The van der Waals surface area contributed by atoms with E-state index in [1.54, 1.807) is 18.2 Å². The highest BCUT2D eigenvalue weighted by atomic mass is 19.3. The van der Waals surface area contributed by atoms with Gasteiger partial charge in [-0.05, 0) is 19.2 Å². The first kappa shape index (κ1) is 17.4. The summed E-state index contributed by atoms with van der Waals surface area (Å²) in [5, 5.41) is 2.74. The monoisotopic (exact) mass is 326 g/mol. The summed E-state index contributed by atoms with van der Waals surface area (Å²) in [6.45, 7) is -0.215. The Hall–Kier alpha value is -1.99. The Balaban J connectivity index is 1.86. The number of rotatable bonds is 6. The van der Waals surface area contributed by atoms with Gasteiger partial charge in [-0.3, -0.25) is 4.79 Å². The molecule has 23 heavy (non-hydrogen) atoms. The molecule has 0 saturated carbocycles. The largest absolute Gasteiger partial charge is 0.434 e. The van der Waals surface area contributed by atoms with E-state index in [-0.39, 0.29) is 17.8 Å². The SMILES string of the molecule is CN1CCO[C@H](CNC(=O)/C=C/c2ccccc2OC(F)F)C1. The van der Waals surface area contributed by atoms with Crippen molar-refractivity contribution in [3.05, 3.63) is 35.9 Å². The van der Waals surface area contributed by atoms with Gasteiger partial charge in [-0.15, -0.1) is 0 Å². The van der Waals surface area contributed by atoms with Crippen molar-refractivity contribution >= 4 is 12.0 Å². The van der Waals surface area contributed by atoms with Crippen LogP contribution in [0.15, 0.2) is 30.3 Å². The molecule has 1 amide bonds. The number of carbonyl (C=O) groups is 1. The van der Waals surface area contributed by atoms with E-state index < -0.39 is 6.61 Å². The number of carbonyl (C=O) groups excluding carboxylic acids is 1. The number of benzene rings is 1. The third kappa shape index (κ3) is 5.96. The Labute approximate surface area is 133 Å². The summed E-state index contributed by atoms with van der Waals surface area (Å²) in [6.07, 6.45) is 2.70. The molecule has 1 saturated heterocycles. The lowest BCUT2D eigenvalue weighted by Gasteiger charge is -2.29. The predicted molar refractivity (Wildman–Crippen MR) is 82.4 cm³/mol.